The summed E-state index contributed by atoms with van der Waals surface area (Å²) in [6.45, 7) is 0.944. The number of halogens is 1. The van der Waals surface area contributed by atoms with E-state index in [-0.39, 0.29) is 6.61 Å². The third-order valence-electron chi connectivity index (χ3n) is 4.60. The van der Waals surface area contributed by atoms with E-state index in [1.54, 1.807) is 24.3 Å². The summed E-state index contributed by atoms with van der Waals surface area (Å²) in [6, 6.07) is 18.3. The average molecular weight is 471 g/mol. The van der Waals surface area contributed by atoms with Gasteiger partial charge in [0.1, 0.15) is 6.61 Å². The second-order valence-corrected chi connectivity index (χ2v) is 8.46. The van der Waals surface area contributed by atoms with Crippen LogP contribution in [0.15, 0.2) is 72.8 Å². The Labute approximate surface area is 195 Å². The van der Waals surface area contributed by atoms with E-state index in [9.17, 15) is 18.8 Å². The van der Waals surface area contributed by atoms with Crippen LogP contribution in [0.4, 0.5) is 4.39 Å². The Bertz CT molecular complexity index is 1010. The molecule has 3 rings (SSSR count). The van der Waals surface area contributed by atoms with Gasteiger partial charge in [0.05, 0.1) is 5.25 Å². The van der Waals surface area contributed by atoms with E-state index in [1.807, 2.05) is 48.5 Å². The summed E-state index contributed by atoms with van der Waals surface area (Å²) < 4.78 is 30.5. The minimum atomic E-state index is -1.77. The summed E-state index contributed by atoms with van der Waals surface area (Å²) in [5.41, 5.74) is 0.433. The highest BCUT2D eigenvalue weighted by molar-refractivity contribution is 8.00. The predicted molar refractivity (Wildman–Crippen MR) is 124 cm³/mol. The summed E-state index contributed by atoms with van der Waals surface area (Å²) in [4.78, 5) is 35.7. The number of hydrogen-bond donors (Lipinski definition) is 0. The van der Waals surface area contributed by atoms with Crippen LogP contribution in [0.3, 0.4) is 0 Å². The van der Waals surface area contributed by atoms with E-state index in [0.29, 0.717) is 0 Å². The van der Waals surface area contributed by atoms with Crippen LogP contribution in [-0.4, -0.2) is 47.5 Å². The van der Waals surface area contributed by atoms with Crippen LogP contribution in [0.2, 0.25) is 0 Å². The molecule has 0 radical (unpaired) electrons. The van der Waals surface area contributed by atoms with Crippen molar-refractivity contribution in [2.24, 2.45) is 0 Å². The third kappa shape index (κ3) is 7.61. The van der Waals surface area contributed by atoms with E-state index in [2.05, 4.69) is 0 Å². The topological polar surface area (TPSA) is 78.9 Å². The zero-order chi connectivity index (χ0) is 23.6. The summed E-state index contributed by atoms with van der Waals surface area (Å²) in [6.07, 6.45) is 2.57. The molecular formula is C25H23FO6S. The van der Waals surface area contributed by atoms with Gasteiger partial charge < -0.3 is 14.2 Å². The Balaban J connectivity index is 1.62. The lowest BCUT2D eigenvalue weighted by Gasteiger charge is -2.19. The van der Waals surface area contributed by atoms with Gasteiger partial charge in [0.15, 0.2) is 17.7 Å². The molecule has 0 bridgehead atoms. The molecule has 33 heavy (non-hydrogen) atoms. The first-order valence-electron chi connectivity index (χ1n) is 10.2. The quantitative estimate of drug-likeness (QED) is 0.325. The van der Waals surface area contributed by atoms with Crippen LogP contribution in [0.1, 0.15) is 18.1 Å². The maximum Gasteiger partial charge on any atom is 0.331 e. The number of carbonyl (C=O) groups excluding carboxylic acids is 3. The Morgan fingerprint density at radius 2 is 1.42 bits per heavy atom. The van der Waals surface area contributed by atoms with Gasteiger partial charge in [-0.05, 0) is 23.3 Å². The van der Waals surface area contributed by atoms with E-state index in [0.717, 1.165) is 22.9 Å². The van der Waals surface area contributed by atoms with Gasteiger partial charge in [0, 0.05) is 19.1 Å². The first-order valence-corrected chi connectivity index (χ1v) is 11.2. The molecule has 2 aromatic rings. The van der Waals surface area contributed by atoms with E-state index >= 15 is 0 Å². The maximum atomic E-state index is 14.9. The largest absolute Gasteiger partial charge is 0.461 e. The minimum Gasteiger partial charge on any atom is -0.461 e. The minimum absolute atomic E-state index is 0.221. The molecule has 0 N–H and O–H groups in total. The van der Waals surface area contributed by atoms with Gasteiger partial charge in [-0.25, -0.2) is 14.0 Å². The van der Waals surface area contributed by atoms with E-state index in [4.69, 9.17) is 14.2 Å². The van der Waals surface area contributed by atoms with Gasteiger partial charge in [-0.1, -0.05) is 60.7 Å². The van der Waals surface area contributed by atoms with Crippen LogP contribution in [0.5, 0.6) is 0 Å². The van der Waals surface area contributed by atoms with Crippen molar-refractivity contribution in [3.05, 3.63) is 83.9 Å². The number of esters is 3. The molecule has 1 heterocycles. The highest BCUT2D eigenvalue weighted by Crippen LogP contribution is 2.39. The van der Waals surface area contributed by atoms with Crippen LogP contribution in [0, 0.1) is 0 Å². The lowest BCUT2D eigenvalue weighted by atomic mass is 10.1. The second-order valence-electron chi connectivity index (χ2n) is 7.12. The maximum absolute atomic E-state index is 14.9. The predicted octanol–water partition coefficient (Wildman–Crippen LogP) is 4.21. The number of hydrogen-bond acceptors (Lipinski definition) is 7. The molecule has 0 spiro atoms. The number of thioether (sulfide) groups is 1. The molecule has 0 saturated carbocycles. The molecule has 8 heteroatoms. The van der Waals surface area contributed by atoms with Crippen molar-refractivity contribution in [3.8, 4) is 0 Å². The fourth-order valence-corrected chi connectivity index (χ4v) is 4.41. The highest BCUT2D eigenvalue weighted by Gasteiger charge is 2.49. The van der Waals surface area contributed by atoms with Crippen LogP contribution < -0.4 is 0 Å². The Kier molecular flexibility index (Phi) is 8.83. The molecule has 1 saturated heterocycles. The molecule has 1 fully saturated rings. The molecule has 0 aromatic heterocycles. The molecule has 0 amide bonds. The van der Waals surface area contributed by atoms with Crippen LogP contribution in [0.25, 0.3) is 12.2 Å². The van der Waals surface area contributed by atoms with Crippen LogP contribution in [-0.2, 0) is 28.6 Å². The third-order valence-corrected chi connectivity index (χ3v) is 5.97. The van der Waals surface area contributed by atoms with Gasteiger partial charge in [0.2, 0.25) is 0 Å². The molecule has 1 unspecified atom stereocenters. The average Bonchev–Trinajstić information content (AvgIpc) is 3.10. The Morgan fingerprint density at radius 1 is 0.879 bits per heavy atom. The normalized spacial score (nSPS) is 22.4. The van der Waals surface area contributed by atoms with Crippen molar-refractivity contribution in [2.75, 3.05) is 6.61 Å². The number of rotatable bonds is 8. The van der Waals surface area contributed by atoms with Crippen molar-refractivity contribution >= 4 is 41.8 Å². The lowest BCUT2D eigenvalue weighted by molar-refractivity contribution is -0.152. The van der Waals surface area contributed by atoms with Gasteiger partial charge in [-0.3, -0.25) is 4.79 Å². The number of benzene rings is 2. The number of carbonyl (C=O) groups is 3. The van der Waals surface area contributed by atoms with Gasteiger partial charge in [0.25, 0.3) is 0 Å². The Hall–Kier alpha value is -3.39. The first-order chi connectivity index (χ1) is 15.9. The summed E-state index contributed by atoms with van der Waals surface area (Å²) in [5.74, 6) is -2.04. The molecule has 4 atom stereocenters. The van der Waals surface area contributed by atoms with Gasteiger partial charge in [-0.15, -0.1) is 11.8 Å². The molecular weight excluding hydrogens is 447 g/mol. The lowest BCUT2D eigenvalue weighted by Crippen LogP contribution is -2.37. The summed E-state index contributed by atoms with van der Waals surface area (Å²) >= 11 is 0.947. The number of alkyl halides is 1. The zero-order valence-electron chi connectivity index (χ0n) is 17.8. The first kappa shape index (κ1) is 24.3. The smallest absolute Gasteiger partial charge is 0.331 e. The monoisotopic (exact) mass is 470 g/mol. The fourth-order valence-electron chi connectivity index (χ4n) is 3.06. The standard InChI is InChI=1S/C25H23FO6S/c1-17(27)31-25-23(26)24(32-22(29)15-13-19-10-6-3-7-11-19)20(33-25)16-30-21(28)14-12-18-8-4-2-5-9-18/h2-15,20,23-25H,16H2,1H3/t20-,23+,24-,25?/m1/s1. The number of ether oxygens (including phenoxy) is 3. The van der Waals surface area contributed by atoms with E-state index < -0.39 is 40.9 Å². The molecule has 0 aliphatic carbocycles. The summed E-state index contributed by atoms with van der Waals surface area (Å²) in [7, 11) is 0. The summed E-state index contributed by atoms with van der Waals surface area (Å²) in [5, 5.41) is -0.743. The molecule has 6 nitrogen and oxygen atoms in total. The van der Waals surface area contributed by atoms with Crippen molar-refractivity contribution < 1.29 is 33.0 Å². The molecule has 172 valence electrons. The van der Waals surface area contributed by atoms with Crippen molar-refractivity contribution in [2.45, 2.75) is 29.9 Å². The van der Waals surface area contributed by atoms with Crippen LogP contribution >= 0.6 is 11.8 Å². The zero-order valence-corrected chi connectivity index (χ0v) is 18.7. The SMILES string of the molecule is CC(=O)OC1S[C@H](COC(=O)C=Cc2ccccc2)[C@@H](OC(=O)C=Cc2ccccc2)[C@@H]1F. The second kappa shape index (κ2) is 12.0. The van der Waals surface area contributed by atoms with E-state index in [1.165, 1.54) is 19.1 Å². The molecule has 1 aliphatic heterocycles. The van der Waals surface area contributed by atoms with Crippen molar-refractivity contribution in [1.29, 1.82) is 0 Å². The Morgan fingerprint density at radius 3 is 1.97 bits per heavy atom. The van der Waals surface area contributed by atoms with Gasteiger partial charge in [-0.2, -0.15) is 0 Å². The van der Waals surface area contributed by atoms with Gasteiger partial charge >= 0.3 is 17.9 Å². The molecule has 1 aliphatic rings. The fraction of sp³-hybridized carbons (Fsp3) is 0.240. The molecule has 2 aromatic carbocycles. The van der Waals surface area contributed by atoms with Crippen molar-refractivity contribution in [1.82, 2.24) is 0 Å². The van der Waals surface area contributed by atoms with Crippen molar-refractivity contribution in [3.63, 3.8) is 0 Å². The highest BCUT2D eigenvalue weighted by atomic mass is 32.2.